The van der Waals surface area contributed by atoms with Crippen LogP contribution in [0.3, 0.4) is 0 Å². The number of imidazole rings is 1. The minimum atomic E-state index is -0.924. The van der Waals surface area contributed by atoms with E-state index in [2.05, 4.69) is 20.2 Å². The number of hydrogen-bond donors (Lipinski definition) is 3. The van der Waals surface area contributed by atoms with Crippen LogP contribution in [0.1, 0.15) is 33.8 Å². The second kappa shape index (κ2) is 6.51. The van der Waals surface area contributed by atoms with Gasteiger partial charge in [-0.1, -0.05) is 6.07 Å². The molecule has 0 atom stereocenters. The van der Waals surface area contributed by atoms with Gasteiger partial charge in [-0.2, -0.15) is 0 Å². The third-order valence-corrected chi connectivity index (χ3v) is 4.00. The van der Waals surface area contributed by atoms with Crippen LogP contribution in [0.25, 0.3) is 0 Å². The molecule has 1 amide bonds. The van der Waals surface area contributed by atoms with Crippen molar-refractivity contribution in [2.75, 3.05) is 18.0 Å². The highest BCUT2D eigenvalue weighted by Crippen LogP contribution is 2.21. The quantitative estimate of drug-likeness (QED) is 0.794. The predicted octanol–water partition coefficient (Wildman–Crippen LogP) is 1.51. The number of aromatic nitrogens is 2. The highest BCUT2D eigenvalue weighted by atomic mass is 16.4. The Hall–Kier alpha value is -2.83. The Balaban J connectivity index is 1.57. The number of nitrogens with zero attached hydrogens (tertiary/aromatic N) is 2. The van der Waals surface area contributed by atoms with Crippen LogP contribution in [-0.2, 0) is 0 Å². The molecule has 0 bridgehead atoms. The van der Waals surface area contributed by atoms with Gasteiger partial charge in [-0.15, -0.1) is 0 Å². The van der Waals surface area contributed by atoms with Gasteiger partial charge in [-0.25, -0.2) is 9.78 Å². The number of nitrogens with one attached hydrogen (secondary N) is 2. The SMILES string of the molecule is O=C(O)c1cccc(N2CCC(NC(=O)c3ncc[nH]3)CC2)c1. The van der Waals surface area contributed by atoms with Gasteiger partial charge in [-0.3, -0.25) is 4.79 Å². The van der Waals surface area contributed by atoms with Gasteiger partial charge in [-0.05, 0) is 31.0 Å². The predicted molar refractivity (Wildman–Crippen MR) is 84.7 cm³/mol. The Kier molecular flexibility index (Phi) is 4.27. The normalized spacial score (nSPS) is 15.4. The first-order chi connectivity index (χ1) is 11.1. The Bertz CT molecular complexity index is 691. The highest BCUT2D eigenvalue weighted by molar-refractivity contribution is 5.90. The molecule has 0 unspecified atom stereocenters. The number of H-pyrrole nitrogens is 1. The van der Waals surface area contributed by atoms with E-state index in [1.54, 1.807) is 30.6 Å². The molecule has 1 aliphatic rings. The number of benzene rings is 1. The molecule has 2 heterocycles. The molecule has 3 N–H and O–H groups in total. The van der Waals surface area contributed by atoms with Crippen molar-refractivity contribution in [3.63, 3.8) is 0 Å². The fourth-order valence-corrected chi connectivity index (χ4v) is 2.76. The van der Waals surface area contributed by atoms with Crippen LogP contribution in [-0.4, -0.2) is 46.1 Å². The van der Waals surface area contributed by atoms with Crippen LogP contribution in [0.4, 0.5) is 5.69 Å². The fourth-order valence-electron chi connectivity index (χ4n) is 2.76. The second-order valence-electron chi connectivity index (χ2n) is 5.53. The molecule has 1 aromatic carbocycles. The summed E-state index contributed by atoms with van der Waals surface area (Å²) < 4.78 is 0. The molecule has 7 heteroatoms. The fraction of sp³-hybridized carbons (Fsp3) is 0.312. The molecule has 0 radical (unpaired) electrons. The molecular formula is C16H18N4O3. The summed E-state index contributed by atoms with van der Waals surface area (Å²) in [5.41, 5.74) is 1.19. The molecule has 7 nitrogen and oxygen atoms in total. The van der Waals surface area contributed by atoms with E-state index in [1.807, 2.05) is 6.07 Å². The second-order valence-corrected chi connectivity index (χ2v) is 5.53. The number of carboxylic acids is 1. The van der Waals surface area contributed by atoms with Crippen molar-refractivity contribution in [1.82, 2.24) is 15.3 Å². The Morgan fingerprint density at radius 1 is 1.30 bits per heavy atom. The minimum Gasteiger partial charge on any atom is -0.478 e. The van der Waals surface area contributed by atoms with Crippen LogP contribution < -0.4 is 10.2 Å². The van der Waals surface area contributed by atoms with Crippen molar-refractivity contribution in [2.45, 2.75) is 18.9 Å². The number of amides is 1. The molecule has 0 spiro atoms. The lowest BCUT2D eigenvalue weighted by Crippen LogP contribution is -2.45. The Morgan fingerprint density at radius 2 is 2.09 bits per heavy atom. The zero-order valence-corrected chi connectivity index (χ0v) is 12.5. The maximum absolute atomic E-state index is 12.0. The largest absolute Gasteiger partial charge is 0.478 e. The minimum absolute atomic E-state index is 0.103. The van der Waals surface area contributed by atoms with E-state index < -0.39 is 5.97 Å². The molecule has 1 saturated heterocycles. The number of piperidine rings is 1. The molecule has 1 fully saturated rings. The van der Waals surface area contributed by atoms with E-state index in [1.165, 1.54) is 0 Å². The maximum atomic E-state index is 12.0. The summed E-state index contributed by atoms with van der Waals surface area (Å²) in [6.07, 6.45) is 4.79. The molecule has 3 rings (SSSR count). The summed E-state index contributed by atoms with van der Waals surface area (Å²) in [4.78, 5) is 31.9. The zero-order chi connectivity index (χ0) is 16.2. The lowest BCUT2D eigenvalue weighted by atomic mass is 10.0. The van der Waals surface area contributed by atoms with Crippen LogP contribution in [0.2, 0.25) is 0 Å². The topological polar surface area (TPSA) is 98.3 Å². The number of rotatable bonds is 4. The number of carboxylic acid groups (broad SMARTS) is 1. The average Bonchev–Trinajstić information content (AvgIpc) is 3.10. The first-order valence-electron chi connectivity index (χ1n) is 7.52. The summed E-state index contributed by atoms with van der Waals surface area (Å²) >= 11 is 0. The number of hydrogen-bond acceptors (Lipinski definition) is 4. The lowest BCUT2D eigenvalue weighted by Gasteiger charge is -2.34. The molecule has 0 saturated carbocycles. The smallest absolute Gasteiger partial charge is 0.335 e. The van der Waals surface area contributed by atoms with E-state index in [0.29, 0.717) is 5.82 Å². The van der Waals surface area contributed by atoms with E-state index >= 15 is 0 Å². The van der Waals surface area contributed by atoms with E-state index in [-0.39, 0.29) is 17.5 Å². The summed E-state index contributed by atoms with van der Waals surface area (Å²) in [7, 11) is 0. The first kappa shape index (κ1) is 15.1. The summed E-state index contributed by atoms with van der Waals surface area (Å²) in [5, 5.41) is 12.0. The van der Waals surface area contributed by atoms with Crippen LogP contribution in [0.5, 0.6) is 0 Å². The standard InChI is InChI=1S/C16H18N4O3/c21-15(14-17-6-7-18-14)19-12-4-8-20(9-5-12)13-3-1-2-11(10-13)16(22)23/h1-3,6-7,10,12H,4-5,8-9H2,(H,17,18)(H,19,21)(H,22,23). The van der Waals surface area contributed by atoms with Crippen LogP contribution in [0, 0.1) is 0 Å². The number of carbonyl (C=O) groups is 2. The summed E-state index contributed by atoms with van der Waals surface area (Å²) in [6.45, 7) is 1.54. The number of aromatic amines is 1. The lowest BCUT2D eigenvalue weighted by molar-refractivity contribution is 0.0696. The van der Waals surface area contributed by atoms with E-state index in [9.17, 15) is 9.59 Å². The molecule has 1 aromatic heterocycles. The third-order valence-electron chi connectivity index (χ3n) is 4.00. The van der Waals surface area contributed by atoms with Crippen molar-refractivity contribution in [1.29, 1.82) is 0 Å². The monoisotopic (exact) mass is 314 g/mol. The number of anilines is 1. The zero-order valence-electron chi connectivity index (χ0n) is 12.5. The van der Waals surface area contributed by atoms with Crippen molar-refractivity contribution >= 4 is 17.6 Å². The van der Waals surface area contributed by atoms with Gasteiger partial charge < -0.3 is 20.3 Å². The third kappa shape index (κ3) is 3.50. The maximum Gasteiger partial charge on any atom is 0.335 e. The van der Waals surface area contributed by atoms with Crippen molar-refractivity contribution in [3.05, 3.63) is 48.0 Å². The van der Waals surface area contributed by atoms with Gasteiger partial charge in [0.2, 0.25) is 0 Å². The molecular weight excluding hydrogens is 296 g/mol. The van der Waals surface area contributed by atoms with Gasteiger partial charge in [0.15, 0.2) is 5.82 Å². The first-order valence-corrected chi connectivity index (χ1v) is 7.52. The van der Waals surface area contributed by atoms with Crippen molar-refractivity contribution < 1.29 is 14.7 Å². The summed E-state index contributed by atoms with van der Waals surface area (Å²) in [6, 6.07) is 7.04. The van der Waals surface area contributed by atoms with E-state index in [0.717, 1.165) is 31.6 Å². The molecule has 1 aliphatic heterocycles. The Morgan fingerprint density at radius 3 is 2.74 bits per heavy atom. The molecule has 120 valence electrons. The van der Waals surface area contributed by atoms with E-state index in [4.69, 9.17) is 5.11 Å². The molecule has 2 aromatic rings. The van der Waals surface area contributed by atoms with Crippen molar-refractivity contribution in [3.8, 4) is 0 Å². The average molecular weight is 314 g/mol. The number of carbonyl (C=O) groups excluding carboxylic acids is 1. The Labute approximate surface area is 133 Å². The van der Waals surface area contributed by atoms with Gasteiger partial charge in [0, 0.05) is 37.2 Å². The highest BCUT2D eigenvalue weighted by Gasteiger charge is 2.22. The molecule has 0 aliphatic carbocycles. The summed E-state index contributed by atoms with van der Waals surface area (Å²) in [5.74, 6) is -0.796. The van der Waals surface area contributed by atoms with Gasteiger partial charge in [0.1, 0.15) is 0 Å². The van der Waals surface area contributed by atoms with Crippen molar-refractivity contribution in [2.24, 2.45) is 0 Å². The molecule has 23 heavy (non-hydrogen) atoms. The van der Waals surface area contributed by atoms with Gasteiger partial charge >= 0.3 is 5.97 Å². The number of aromatic carboxylic acids is 1. The van der Waals surface area contributed by atoms with Crippen LogP contribution in [0.15, 0.2) is 36.7 Å². The van der Waals surface area contributed by atoms with Gasteiger partial charge in [0.05, 0.1) is 5.56 Å². The van der Waals surface area contributed by atoms with Crippen LogP contribution >= 0.6 is 0 Å². The van der Waals surface area contributed by atoms with Gasteiger partial charge in [0.25, 0.3) is 5.91 Å².